The smallest absolute Gasteiger partial charge is 0.248 e. The molecule has 8 heteroatoms. The highest BCUT2D eigenvalue weighted by atomic mass is 19.1. The Bertz CT molecular complexity index is 647. The maximum absolute atomic E-state index is 14.4. The van der Waals surface area contributed by atoms with Gasteiger partial charge in [0.05, 0.1) is 6.04 Å². The molecule has 0 aromatic rings. The van der Waals surface area contributed by atoms with Crippen LogP contribution in [0.5, 0.6) is 0 Å². The largest absolute Gasteiger partial charge is 0.387 e. The number of aliphatic hydroxyl groups excluding tert-OH is 1. The third-order valence-corrected chi connectivity index (χ3v) is 8.44. The standard InChI is InChI=1S/C23H39FN4O3/c1-14-6-7-19(24)18-11-20(26-22(14)18)23(31)25-15-4-3-5-16(10-15)28-9-8-17(12-28)27(2)21(30)13-29/h14-20,22,26,29H,3-13H2,1-2H3,(H,25,31)/t14?,15-,16+,17-,18?,19?,20?,22?/m1/s1. The second-order valence-corrected chi connectivity index (χ2v) is 10.3. The number of likely N-dealkylation sites (tertiary alicyclic amines) is 1. The summed E-state index contributed by atoms with van der Waals surface area (Å²) >= 11 is 0. The van der Waals surface area contributed by atoms with E-state index in [4.69, 9.17) is 5.11 Å². The number of aliphatic hydroxyl groups is 1. The van der Waals surface area contributed by atoms with Gasteiger partial charge < -0.3 is 20.6 Å². The van der Waals surface area contributed by atoms with Crippen LogP contribution < -0.4 is 10.6 Å². The van der Waals surface area contributed by atoms with E-state index >= 15 is 0 Å². The maximum Gasteiger partial charge on any atom is 0.248 e. The minimum absolute atomic E-state index is 0.0289. The van der Waals surface area contributed by atoms with Crippen LogP contribution in [0.4, 0.5) is 4.39 Å². The van der Waals surface area contributed by atoms with Gasteiger partial charge in [0.1, 0.15) is 12.8 Å². The molecule has 4 rings (SSSR count). The molecule has 0 aromatic heterocycles. The van der Waals surface area contributed by atoms with Crippen molar-refractivity contribution in [3.63, 3.8) is 0 Å². The Morgan fingerprint density at radius 3 is 2.74 bits per heavy atom. The molecule has 0 aromatic carbocycles. The number of likely N-dealkylation sites (N-methyl/N-ethyl adjacent to an activating group) is 1. The number of alkyl halides is 1. The number of halogens is 1. The van der Waals surface area contributed by atoms with Crippen molar-refractivity contribution >= 4 is 11.8 Å². The van der Waals surface area contributed by atoms with E-state index in [-0.39, 0.29) is 41.9 Å². The molecule has 4 fully saturated rings. The molecule has 4 aliphatic rings. The average Bonchev–Trinajstić information content (AvgIpc) is 3.44. The lowest BCUT2D eigenvalue weighted by molar-refractivity contribution is -0.134. The van der Waals surface area contributed by atoms with Gasteiger partial charge in [0, 0.05) is 50.2 Å². The number of hydrogen-bond donors (Lipinski definition) is 3. The molecule has 2 aliphatic heterocycles. The summed E-state index contributed by atoms with van der Waals surface area (Å²) in [7, 11) is 1.77. The van der Waals surface area contributed by atoms with Crippen LogP contribution in [0.15, 0.2) is 0 Å². The van der Waals surface area contributed by atoms with Gasteiger partial charge >= 0.3 is 0 Å². The molecule has 0 bridgehead atoms. The molecule has 2 saturated heterocycles. The van der Waals surface area contributed by atoms with Crippen LogP contribution in [-0.4, -0.2) is 89.8 Å². The van der Waals surface area contributed by atoms with Crippen molar-refractivity contribution in [1.82, 2.24) is 20.4 Å². The predicted molar refractivity (Wildman–Crippen MR) is 116 cm³/mol. The molecular formula is C23H39FN4O3. The van der Waals surface area contributed by atoms with E-state index in [1.54, 1.807) is 11.9 Å². The summed E-state index contributed by atoms with van der Waals surface area (Å²) in [5.41, 5.74) is 0. The van der Waals surface area contributed by atoms with Crippen molar-refractivity contribution in [3.8, 4) is 0 Å². The van der Waals surface area contributed by atoms with Gasteiger partial charge in [0.15, 0.2) is 0 Å². The highest BCUT2D eigenvalue weighted by molar-refractivity contribution is 5.82. The second-order valence-electron chi connectivity index (χ2n) is 10.3. The minimum Gasteiger partial charge on any atom is -0.387 e. The lowest BCUT2D eigenvalue weighted by atomic mass is 9.77. The molecule has 5 unspecified atom stereocenters. The fourth-order valence-electron chi connectivity index (χ4n) is 6.46. The highest BCUT2D eigenvalue weighted by Crippen LogP contribution is 2.38. The van der Waals surface area contributed by atoms with Crippen LogP contribution in [0.2, 0.25) is 0 Å². The summed E-state index contributed by atoms with van der Waals surface area (Å²) in [5, 5.41) is 15.8. The van der Waals surface area contributed by atoms with E-state index in [0.717, 1.165) is 51.6 Å². The van der Waals surface area contributed by atoms with Gasteiger partial charge in [0.2, 0.25) is 11.8 Å². The number of carbonyl (C=O) groups excluding carboxylic acids is 2. The van der Waals surface area contributed by atoms with E-state index in [2.05, 4.69) is 22.5 Å². The van der Waals surface area contributed by atoms with Crippen molar-refractivity contribution in [3.05, 3.63) is 0 Å². The Morgan fingerprint density at radius 2 is 2.00 bits per heavy atom. The molecule has 2 saturated carbocycles. The number of amides is 2. The Kier molecular flexibility index (Phi) is 7.18. The normalized spacial score (nSPS) is 41.0. The summed E-state index contributed by atoms with van der Waals surface area (Å²) in [6.45, 7) is 3.50. The van der Waals surface area contributed by atoms with Gasteiger partial charge in [-0.05, 0) is 57.3 Å². The van der Waals surface area contributed by atoms with Gasteiger partial charge in [0.25, 0.3) is 0 Å². The molecule has 7 nitrogen and oxygen atoms in total. The molecule has 3 N–H and O–H groups in total. The van der Waals surface area contributed by atoms with E-state index in [1.807, 2.05) is 0 Å². The number of fused-ring (bicyclic) bond motifs is 1. The van der Waals surface area contributed by atoms with Gasteiger partial charge in [-0.2, -0.15) is 0 Å². The Labute approximate surface area is 185 Å². The summed E-state index contributed by atoms with van der Waals surface area (Å²) in [6, 6.07) is 0.569. The number of nitrogens with one attached hydrogen (secondary N) is 2. The Hall–Kier alpha value is -1.25. The van der Waals surface area contributed by atoms with Gasteiger partial charge in [-0.1, -0.05) is 6.92 Å². The zero-order valence-electron chi connectivity index (χ0n) is 18.9. The van der Waals surface area contributed by atoms with Crippen LogP contribution >= 0.6 is 0 Å². The molecule has 8 atom stereocenters. The summed E-state index contributed by atoms with van der Waals surface area (Å²) in [4.78, 5) is 28.9. The van der Waals surface area contributed by atoms with Crippen molar-refractivity contribution in [2.75, 3.05) is 26.7 Å². The van der Waals surface area contributed by atoms with Crippen molar-refractivity contribution in [1.29, 1.82) is 0 Å². The number of hydrogen-bond acceptors (Lipinski definition) is 5. The number of carbonyl (C=O) groups is 2. The third-order valence-electron chi connectivity index (χ3n) is 8.44. The van der Waals surface area contributed by atoms with Gasteiger partial charge in [-0.3, -0.25) is 14.5 Å². The van der Waals surface area contributed by atoms with Crippen molar-refractivity contribution < 1.29 is 19.1 Å². The number of nitrogens with zero attached hydrogens (tertiary/aromatic N) is 2. The van der Waals surface area contributed by atoms with Crippen LogP contribution in [0, 0.1) is 11.8 Å². The van der Waals surface area contributed by atoms with Crippen molar-refractivity contribution in [2.24, 2.45) is 11.8 Å². The first kappa shape index (κ1) is 22.9. The first-order valence-corrected chi connectivity index (χ1v) is 12.2. The average molecular weight is 439 g/mol. The molecule has 2 amide bonds. The predicted octanol–water partition coefficient (Wildman–Crippen LogP) is 1.05. The van der Waals surface area contributed by atoms with Gasteiger partial charge in [-0.25, -0.2) is 4.39 Å². The number of rotatable bonds is 5. The third kappa shape index (κ3) is 4.91. The summed E-state index contributed by atoms with van der Waals surface area (Å²) < 4.78 is 14.4. The molecule has 0 radical (unpaired) electrons. The van der Waals surface area contributed by atoms with Crippen LogP contribution in [0.3, 0.4) is 0 Å². The first-order chi connectivity index (χ1) is 14.9. The maximum atomic E-state index is 14.4. The lowest BCUT2D eigenvalue weighted by Crippen LogP contribution is -2.51. The SMILES string of the molecule is CC1CCC(F)C2CC(C(=O)N[C@@H]3CCC[C@H](N4CC[C@@H](N(C)C(=O)CO)C4)C3)NC12. The highest BCUT2D eigenvalue weighted by Gasteiger charge is 2.46. The summed E-state index contributed by atoms with van der Waals surface area (Å²) in [5.74, 6) is 0.203. The second kappa shape index (κ2) is 9.71. The van der Waals surface area contributed by atoms with Crippen LogP contribution in [0.1, 0.15) is 58.3 Å². The lowest BCUT2D eigenvalue weighted by Gasteiger charge is -2.36. The molecular weight excluding hydrogens is 399 g/mol. The van der Waals surface area contributed by atoms with E-state index < -0.39 is 12.8 Å². The molecule has 176 valence electrons. The topological polar surface area (TPSA) is 84.9 Å². The quantitative estimate of drug-likeness (QED) is 0.598. The van der Waals surface area contributed by atoms with Crippen LogP contribution in [-0.2, 0) is 9.59 Å². The summed E-state index contributed by atoms with van der Waals surface area (Å²) in [6.07, 6.45) is 6.37. The fraction of sp³-hybridized carbons (Fsp3) is 0.913. The monoisotopic (exact) mass is 438 g/mol. The molecule has 2 heterocycles. The zero-order valence-corrected chi connectivity index (χ0v) is 18.9. The zero-order chi connectivity index (χ0) is 22.1. The van der Waals surface area contributed by atoms with Gasteiger partial charge in [-0.15, -0.1) is 0 Å². The van der Waals surface area contributed by atoms with Crippen LogP contribution in [0.25, 0.3) is 0 Å². The molecule has 2 aliphatic carbocycles. The van der Waals surface area contributed by atoms with E-state index in [0.29, 0.717) is 24.8 Å². The van der Waals surface area contributed by atoms with Crippen molar-refractivity contribution in [2.45, 2.75) is 94.7 Å². The fourth-order valence-corrected chi connectivity index (χ4v) is 6.46. The first-order valence-electron chi connectivity index (χ1n) is 12.2. The molecule has 0 spiro atoms. The van der Waals surface area contributed by atoms with E-state index in [1.165, 1.54) is 0 Å². The minimum atomic E-state index is -0.787. The Balaban J connectivity index is 1.28. The Morgan fingerprint density at radius 1 is 1.19 bits per heavy atom. The van der Waals surface area contributed by atoms with E-state index in [9.17, 15) is 14.0 Å². The molecule has 31 heavy (non-hydrogen) atoms.